The summed E-state index contributed by atoms with van der Waals surface area (Å²) in [6, 6.07) is 13.2. The van der Waals surface area contributed by atoms with Crippen LogP contribution >= 0.6 is 0 Å². The minimum Gasteiger partial charge on any atom is -0.508 e. The first-order valence-electron chi connectivity index (χ1n) is 16.8. The third kappa shape index (κ3) is 4.13. The van der Waals surface area contributed by atoms with Crippen molar-refractivity contribution in [3.8, 4) is 5.75 Å². The molecule has 6 aliphatic carbocycles. The second kappa shape index (κ2) is 9.89. The number of aromatic hydroxyl groups is 1. The van der Waals surface area contributed by atoms with Gasteiger partial charge in [0.1, 0.15) is 5.75 Å². The first-order valence-corrected chi connectivity index (χ1v) is 16.8. The zero-order chi connectivity index (χ0) is 27.8. The number of hydrogen-bond acceptors (Lipinski definition) is 2. The molecular formula is C38H52O2. The lowest BCUT2D eigenvalue weighted by molar-refractivity contribution is -0.0226. The van der Waals surface area contributed by atoms with E-state index in [1.54, 1.807) is 11.1 Å². The van der Waals surface area contributed by atoms with Gasteiger partial charge in [0, 0.05) is 0 Å². The molecule has 4 saturated carbocycles. The van der Waals surface area contributed by atoms with Crippen molar-refractivity contribution in [2.45, 2.75) is 123 Å². The van der Waals surface area contributed by atoms with Gasteiger partial charge in [0.25, 0.3) is 0 Å². The van der Waals surface area contributed by atoms with Gasteiger partial charge < -0.3 is 10.2 Å². The summed E-state index contributed by atoms with van der Waals surface area (Å²) in [5, 5.41) is 20.0. The number of aliphatic hydroxyl groups is 1. The van der Waals surface area contributed by atoms with Crippen LogP contribution in [0.5, 0.6) is 5.75 Å². The third-order valence-electron chi connectivity index (χ3n) is 14.0. The van der Waals surface area contributed by atoms with E-state index in [1.165, 1.54) is 74.5 Å². The maximum atomic E-state index is 10.4. The fraction of sp³-hybridized carbons (Fsp3) is 0.684. The fourth-order valence-electron chi connectivity index (χ4n) is 11.5. The molecule has 2 heteroatoms. The normalized spacial score (nSPS) is 42.7. The quantitative estimate of drug-likeness (QED) is 0.350. The molecule has 216 valence electrons. The van der Waals surface area contributed by atoms with E-state index in [0.29, 0.717) is 23.0 Å². The van der Waals surface area contributed by atoms with Crippen LogP contribution in [-0.4, -0.2) is 16.3 Å². The zero-order valence-corrected chi connectivity index (χ0v) is 25.5. The van der Waals surface area contributed by atoms with Crippen molar-refractivity contribution < 1.29 is 10.2 Å². The lowest BCUT2D eigenvalue weighted by Crippen LogP contribution is -2.43. The first-order chi connectivity index (χ1) is 19.2. The maximum Gasteiger partial charge on any atom is 0.115 e. The molecule has 2 nitrogen and oxygen atoms in total. The highest BCUT2D eigenvalue weighted by Gasteiger charge is 2.55. The Morgan fingerprint density at radius 3 is 1.95 bits per heavy atom. The SMILES string of the molecule is C[C@]12CCC3c4ccc(O)cc4CCC3C1CC[C@@H]2O.Cc1ccc2c(c1)CCC1C2CC[C@@]2(C)C1CC[C@@H]2C. The van der Waals surface area contributed by atoms with Crippen molar-refractivity contribution in [1.82, 2.24) is 0 Å². The summed E-state index contributed by atoms with van der Waals surface area (Å²) in [6.45, 7) is 9.68. The van der Waals surface area contributed by atoms with Gasteiger partial charge in [0.15, 0.2) is 0 Å². The van der Waals surface area contributed by atoms with Crippen molar-refractivity contribution in [3.05, 3.63) is 64.2 Å². The van der Waals surface area contributed by atoms with Crippen molar-refractivity contribution in [2.24, 2.45) is 40.4 Å². The van der Waals surface area contributed by atoms with E-state index >= 15 is 0 Å². The minimum absolute atomic E-state index is 0.0883. The molecule has 0 aliphatic heterocycles. The van der Waals surface area contributed by atoms with E-state index in [2.05, 4.69) is 52.0 Å². The van der Waals surface area contributed by atoms with Gasteiger partial charge >= 0.3 is 0 Å². The summed E-state index contributed by atoms with van der Waals surface area (Å²) < 4.78 is 0. The molecule has 0 amide bonds. The molecular weight excluding hydrogens is 488 g/mol. The second-order valence-corrected chi connectivity index (χ2v) is 15.6. The van der Waals surface area contributed by atoms with Gasteiger partial charge in [0.2, 0.25) is 0 Å². The molecule has 0 aromatic heterocycles. The van der Waals surface area contributed by atoms with Crippen molar-refractivity contribution in [2.75, 3.05) is 0 Å². The number of aliphatic hydroxyl groups excluding tert-OH is 1. The molecule has 6 aliphatic rings. The average Bonchev–Trinajstić information content (AvgIpc) is 3.43. The molecule has 4 fully saturated rings. The highest BCUT2D eigenvalue weighted by atomic mass is 16.3. The minimum atomic E-state index is -0.0883. The number of fused-ring (bicyclic) bond motifs is 10. The van der Waals surface area contributed by atoms with Crippen LogP contribution in [0.4, 0.5) is 0 Å². The lowest BCUT2D eigenvalue weighted by Gasteiger charge is -2.50. The van der Waals surface area contributed by atoms with Gasteiger partial charge in [-0.05, 0) is 171 Å². The Hall–Kier alpha value is -1.80. The summed E-state index contributed by atoms with van der Waals surface area (Å²) in [7, 11) is 0. The highest BCUT2D eigenvalue weighted by Crippen LogP contribution is 2.63. The Bertz CT molecular complexity index is 1170. The van der Waals surface area contributed by atoms with Crippen LogP contribution in [0.3, 0.4) is 0 Å². The van der Waals surface area contributed by atoms with Gasteiger partial charge in [-0.1, -0.05) is 50.6 Å². The molecule has 2 aromatic carbocycles. The number of phenols is 1. The summed E-state index contributed by atoms with van der Waals surface area (Å²) in [4.78, 5) is 0. The standard InChI is InChI=1S/C20H28.C18H24O2/c1-13-4-7-16-15(12-13)6-8-18-17(16)10-11-20(3)14(2)5-9-19(18)20;1-18-9-8-14-13-5-3-12(19)10-11(13)2-4-15(14)16(18)6-7-17(18)20/h4,7,12,14,17-19H,5-6,8-11H2,1-3H3;3,5,10,14-17,19-20H,2,4,6-9H2,1H3/t14-,17?,18?,19?,20+;14?,15?,16?,17-,18-/m00/s1. The van der Waals surface area contributed by atoms with E-state index in [9.17, 15) is 10.2 Å². The maximum absolute atomic E-state index is 10.4. The van der Waals surface area contributed by atoms with Gasteiger partial charge in [-0.25, -0.2) is 0 Å². The van der Waals surface area contributed by atoms with E-state index in [1.807, 2.05) is 12.1 Å². The van der Waals surface area contributed by atoms with Gasteiger partial charge in [-0.15, -0.1) is 0 Å². The largest absolute Gasteiger partial charge is 0.508 e. The number of rotatable bonds is 0. The predicted molar refractivity (Wildman–Crippen MR) is 164 cm³/mol. The van der Waals surface area contributed by atoms with E-state index in [0.717, 1.165) is 48.9 Å². The Kier molecular flexibility index (Phi) is 6.69. The summed E-state index contributed by atoms with van der Waals surface area (Å²) in [5.74, 6) is 6.30. The predicted octanol–water partition coefficient (Wildman–Crippen LogP) is 9.10. The number of aryl methyl sites for hydroxylation is 3. The molecule has 10 atom stereocenters. The van der Waals surface area contributed by atoms with Crippen LogP contribution in [-0.2, 0) is 12.8 Å². The van der Waals surface area contributed by atoms with Crippen LogP contribution in [0.25, 0.3) is 0 Å². The summed E-state index contributed by atoms with van der Waals surface area (Å²) >= 11 is 0. The van der Waals surface area contributed by atoms with Gasteiger partial charge in [0.05, 0.1) is 6.10 Å². The molecule has 0 saturated heterocycles. The molecule has 0 radical (unpaired) electrons. The summed E-state index contributed by atoms with van der Waals surface area (Å²) in [6.07, 6.45) is 15.5. The van der Waals surface area contributed by atoms with Gasteiger partial charge in [-0.2, -0.15) is 0 Å². The van der Waals surface area contributed by atoms with Gasteiger partial charge in [-0.3, -0.25) is 0 Å². The fourth-order valence-corrected chi connectivity index (χ4v) is 11.5. The van der Waals surface area contributed by atoms with Crippen LogP contribution in [0, 0.1) is 47.3 Å². The van der Waals surface area contributed by atoms with E-state index in [-0.39, 0.29) is 11.5 Å². The number of benzene rings is 2. The topological polar surface area (TPSA) is 40.5 Å². The molecule has 0 bridgehead atoms. The van der Waals surface area contributed by atoms with E-state index < -0.39 is 0 Å². The molecule has 0 heterocycles. The lowest BCUT2D eigenvalue weighted by atomic mass is 9.54. The second-order valence-electron chi connectivity index (χ2n) is 15.6. The van der Waals surface area contributed by atoms with Crippen molar-refractivity contribution in [3.63, 3.8) is 0 Å². The Balaban J connectivity index is 0.000000132. The van der Waals surface area contributed by atoms with E-state index in [4.69, 9.17) is 0 Å². The third-order valence-corrected chi connectivity index (χ3v) is 14.0. The number of phenolic OH excluding ortho intramolecular Hbond substituents is 1. The zero-order valence-electron chi connectivity index (χ0n) is 25.5. The molecule has 40 heavy (non-hydrogen) atoms. The number of hydrogen-bond donors (Lipinski definition) is 2. The van der Waals surface area contributed by atoms with Crippen LogP contribution in [0.2, 0.25) is 0 Å². The Morgan fingerprint density at radius 1 is 0.675 bits per heavy atom. The van der Waals surface area contributed by atoms with Crippen molar-refractivity contribution in [1.29, 1.82) is 0 Å². The molecule has 0 spiro atoms. The van der Waals surface area contributed by atoms with Crippen LogP contribution < -0.4 is 0 Å². The Morgan fingerprint density at radius 2 is 1.25 bits per heavy atom. The van der Waals surface area contributed by atoms with Crippen molar-refractivity contribution >= 4 is 0 Å². The molecule has 2 aromatic rings. The average molecular weight is 541 g/mol. The smallest absolute Gasteiger partial charge is 0.115 e. The monoisotopic (exact) mass is 540 g/mol. The molecule has 2 N–H and O–H groups in total. The summed E-state index contributed by atoms with van der Waals surface area (Å²) in [5.41, 5.74) is 8.47. The first kappa shape index (κ1) is 27.1. The Labute approximate surface area is 243 Å². The molecule has 6 unspecified atom stereocenters. The molecule has 8 rings (SSSR count). The van der Waals surface area contributed by atoms with Crippen LogP contribution in [0.15, 0.2) is 36.4 Å². The van der Waals surface area contributed by atoms with Crippen LogP contribution in [0.1, 0.15) is 125 Å². The highest BCUT2D eigenvalue weighted by molar-refractivity contribution is 5.40.